The van der Waals surface area contributed by atoms with Crippen LogP contribution in [-0.4, -0.2) is 39.0 Å². The summed E-state index contributed by atoms with van der Waals surface area (Å²) in [6.45, 7) is 0.0605. The van der Waals surface area contributed by atoms with Gasteiger partial charge in [-0.25, -0.2) is 13.6 Å². The van der Waals surface area contributed by atoms with Crippen LogP contribution in [0.4, 0.5) is 13.2 Å². The molecule has 0 atom stereocenters. The lowest BCUT2D eigenvalue weighted by Gasteiger charge is -2.19. The summed E-state index contributed by atoms with van der Waals surface area (Å²) in [6.07, 6.45) is -4.54. The lowest BCUT2D eigenvalue weighted by Crippen LogP contribution is -2.36. The minimum absolute atomic E-state index is 0.167. The SMILES string of the molecule is Cc1cc(C(=O)N(C)CC(F)(F)F)cc(S(N)(=O)=O)c1Br. The molecule has 0 aliphatic heterocycles. The molecule has 21 heavy (non-hydrogen) atoms. The van der Waals surface area contributed by atoms with E-state index in [-0.39, 0.29) is 14.9 Å². The molecule has 0 unspecified atom stereocenters. The first kappa shape index (κ1) is 17.9. The van der Waals surface area contributed by atoms with Crippen LogP contribution < -0.4 is 5.14 Å². The first-order valence-electron chi connectivity index (χ1n) is 5.48. The molecule has 0 fully saturated rings. The Hall–Kier alpha value is -1.13. The summed E-state index contributed by atoms with van der Waals surface area (Å²) in [7, 11) is -3.14. The second-order valence-electron chi connectivity index (χ2n) is 4.43. The van der Waals surface area contributed by atoms with Crippen molar-refractivity contribution in [3.63, 3.8) is 0 Å². The zero-order chi connectivity index (χ0) is 16.6. The molecule has 0 saturated heterocycles. The predicted octanol–water partition coefficient (Wildman–Crippen LogP) is 2.04. The number of hydrogen-bond acceptors (Lipinski definition) is 3. The third kappa shape index (κ3) is 4.68. The summed E-state index contributed by atoms with van der Waals surface area (Å²) >= 11 is 3.02. The van der Waals surface area contributed by atoms with Crippen molar-refractivity contribution < 1.29 is 26.4 Å². The number of nitrogens with zero attached hydrogens (tertiary/aromatic N) is 1. The first-order valence-corrected chi connectivity index (χ1v) is 7.82. The van der Waals surface area contributed by atoms with Gasteiger partial charge in [-0.05, 0) is 40.5 Å². The lowest BCUT2D eigenvalue weighted by molar-refractivity contribution is -0.138. The highest BCUT2D eigenvalue weighted by atomic mass is 79.9. The largest absolute Gasteiger partial charge is 0.406 e. The standard InChI is InChI=1S/C11H12BrF3N2O3S/c1-6-3-7(4-8(9(6)12)21(16,19)20)10(18)17(2)5-11(13,14)15/h3-4H,5H2,1-2H3,(H2,16,19,20). The van der Waals surface area contributed by atoms with Gasteiger partial charge in [0.2, 0.25) is 10.0 Å². The molecule has 0 radical (unpaired) electrons. The summed E-state index contributed by atoms with van der Waals surface area (Å²) in [5, 5.41) is 5.01. The van der Waals surface area contributed by atoms with Crippen LogP contribution in [0.5, 0.6) is 0 Å². The Balaban J connectivity index is 3.27. The fourth-order valence-electron chi connectivity index (χ4n) is 1.63. The van der Waals surface area contributed by atoms with Gasteiger partial charge in [-0.3, -0.25) is 4.79 Å². The van der Waals surface area contributed by atoms with Gasteiger partial charge in [0.25, 0.3) is 5.91 Å². The highest BCUT2D eigenvalue weighted by Crippen LogP contribution is 2.27. The van der Waals surface area contributed by atoms with Gasteiger partial charge in [0.1, 0.15) is 6.54 Å². The number of halogens is 4. The Morgan fingerprint density at radius 1 is 1.38 bits per heavy atom. The third-order valence-electron chi connectivity index (χ3n) is 2.54. The molecule has 0 aliphatic carbocycles. The molecular formula is C11H12BrF3N2O3S. The molecule has 1 aromatic carbocycles. The van der Waals surface area contributed by atoms with Crippen LogP contribution in [0.1, 0.15) is 15.9 Å². The predicted molar refractivity (Wildman–Crippen MR) is 73.3 cm³/mol. The van der Waals surface area contributed by atoms with Crippen molar-refractivity contribution >= 4 is 31.9 Å². The Morgan fingerprint density at radius 2 is 1.90 bits per heavy atom. The molecule has 10 heteroatoms. The van der Waals surface area contributed by atoms with E-state index in [0.717, 1.165) is 13.1 Å². The van der Waals surface area contributed by atoms with Gasteiger partial charge in [0.15, 0.2) is 0 Å². The molecule has 0 bridgehead atoms. The van der Waals surface area contributed by atoms with Gasteiger partial charge in [-0.2, -0.15) is 13.2 Å². The molecule has 0 spiro atoms. The Kier molecular flexibility index (Phi) is 5.06. The second-order valence-corrected chi connectivity index (χ2v) is 6.75. The molecule has 0 aliphatic rings. The molecule has 1 amide bonds. The average Bonchev–Trinajstić information content (AvgIpc) is 2.27. The fraction of sp³-hybridized carbons (Fsp3) is 0.364. The highest BCUT2D eigenvalue weighted by Gasteiger charge is 2.32. The Morgan fingerprint density at radius 3 is 2.33 bits per heavy atom. The maximum absolute atomic E-state index is 12.3. The fourth-order valence-corrected chi connectivity index (χ4v) is 3.24. The molecule has 0 heterocycles. The maximum Gasteiger partial charge on any atom is 0.406 e. The lowest BCUT2D eigenvalue weighted by atomic mass is 10.1. The van der Waals surface area contributed by atoms with Crippen LogP contribution in [0.25, 0.3) is 0 Å². The van der Waals surface area contributed by atoms with Crippen molar-refractivity contribution in [2.45, 2.75) is 18.0 Å². The number of primary sulfonamides is 1. The van der Waals surface area contributed by atoms with Gasteiger partial charge < -0.3 is 4.90 Å². The number of benzene rings is 1. The molecule has 0 saturated carbocycles. The number of carbonyl (C=O) groups is 1. The van der Waals surface area contributed by atoms with Crippen molar-refractivity contribution in [2.75, 3.05) is 13.6 Å². The van der Waals surface area contributed by atoms with Crippen LogP contribution in [0.2, 0.25) is 0 Å². The topological polar surface area (TPSA) is 80.5 Å². The quantitative estimate of drug-likeness (QED) is 0.859. The zero-order valence-corrected chi connectivity index (χ0v) is 13.4. The van der Waals surface area contributed by atoms with Gasteiger partial charge >= 0.3 is 6.18 Å². The van der Waals surface area contributed by atoms with Gasteiger partial charge in [-0.15, -0.1) is 0 Å². The van der Waals surface area contributed by atoms with E-state index in [4.69, 9.17) is 5.14 Å². The number of nitrogens with two attached hydrogens (primary N) is 1. The summed E-state index contributed by atoms with van der Waals surface area (Å²) in [5.74, 6) is -0.951. The van der Waals surface area contributed by atoms with Crippen molar-refractivity contribution in [1.29, 1.82) is 0 Å². The van der Waals surface area contributed by atoms with Crippen LogP contribution >= 0.6 is 15.9 Å². The summed E-state index contributed by atoms with van der Waals surface area (Å²) in [4.78, 5) is 12.0. The molecule has 1 aromatic rings. The van der Waals surface area contributed by atoms with Crippen LogP contribution in [0.3, 0.4) is 0 Å². The van der Waals surface area contributed by atoms with E-state index in [9.17, 15) is 26.4 Å². The van der Waals surface area contributed by atoms with Crippen molar-refractivity contribution in [3.8, 4) is 0 Å². The summed E-state index contributed by atoms with van der Waals surface area (Å²) in [6, 6.07) is 2.23. The van der Waals surface area contributed by atoms with E-state index in [2.05, 4.69) is 15.9 Å². The van der Waals surface area contributed by atoms with E-state index in [1.54, 1.807) is 0 Å². The van der Waals surface area contributed by atoms with E-state index >= 15 is 0 Å². The molecule has 2 N–H and O–H groups in total. The minimum Gasteiger partial charge on any atom is -0.333 e. The van der Waals surface area contributed by atoms with Gasteiger partial charge in [0.05, 0.1) is 4.90 Å². The van der Waals surface area contributed by atoms with E-state index < -0.39 is 28.7 Å². The molecule has 5 nitrogen and oxygen atoms in total. The molecular weight excluding hydrogens is 377 g/mol. The number of carbonyl (C=O) groups excluding carboxylic acids is 1. The highest BCUT2D eigenvalue weighted by molar-refractivity contribution is 9.10. The second kappa shape index (κ2) is 5.93. The van der Waals surface area contributed by atoms with E-state index in [1.165, 1.54) is 13.0 Å². The number of aryl methyl sites for hydroxylation is 1. The van der Waals surface area contributed by atoms with Gasteiger partial charge in [-0.1, -0.05) is 0 Å². The van der Waals surface area contributed by atoms with E-state index in [0.29, 0.717) is 10.5 Å². The molecule has 0 aromatic heterocycles. The van der Waals surface area contributed by atoms with Crippen molar-refractivity contribution in [1.82, 2.24) is 4.90 Å². The van der Waals surface area contributed by atoms with Crippen LogP contribution in [-0.2, 0) is 10.0 Å². The van der Waals surface area contributed by atoms with E-state index in [1.807, 2.05) is 0 Å². The first-order chi connectivity index (χ1) is 9.33. The number of alkyl halides is 3. The maximum atomic E-state index is 12.3. The van der Waals surface area contributed by atoms with Crippen molar-refractivity contribution in [3.05, 3.63) is 27.7 Å². The van der Waals surface area contributed by atoms with Gasteiger partial charge in [0, 0.05) is 17.1 Å². The normalized spacial score (nSPS) is 12.3. The third-order valence-corrected chi connectivity index (χ3v) is 4.79. The van der Waals surface area contributed by atoms with Crippen molar-refractivity contribution in [2.24, 2.45) is 5.14 Å². The average molecular weight is 389 g/mol. The number of amides is 1. The number of sulfonamides is 1. The minimum atomic E-state index is -4.54. The molecule has 1 rings (SSSR count). The number of rotatable bonds is 3. The van der Waals surface area contributed by atoms with Crippen LogP contribution in [0.15, 0.2) is 21.5 Å². The smallest absolute Gasteiger partial charge is 0.333 e. The monoisotopic (exact) mass is 388 g/mol. The number of hydrogen-bond donors (Lipinski definition) is 1. The Bertz CT molecular complexity index is 674. The summed E-state index contributed by atoms with van der Waals surface area (Å²) in [5.41, 5.74) is 0.178. The Labute approximate surface area is 128 Å². The van der Waals surface area contributed by atoms with Crippen LogP contribution in [0, 0.1) is 6.92 Å². The molecule has 118 valence electrons. The summed E-state index contributed by atoms with van der Waals surface area (Å²) < 4.78 is 59.8. The zero-order valence-electron chi connectivity index (χ0n) is 11.0.